The standard InChI is InChI=1S/C22H28N2O3/c1-26-21-11-10-18(14-22(21)27-2)20(25)16-23-15-19(24-12-6-7-13-24)17-8-4-3-5-9-17/h3-5,8-11,14,19,23H,6-7,12-13,15-16H2,1-2H3. The number of ketones is 1. The Morgan fingerprint density at radius 3 is 2.41 bits per heavy atom. The van der Waals surface area contributed by atoms with E-state index >= 15 is 0 Å². The van der Waals surface area contributed by atoms with Crippen LogP contribution in [0.5, 0.6) is 11.5 Å². The van der Waals surface area contributed by atoms with Gasteiger partial charge in [0.15, 0.2) is 17.3 Å². The number of rotatable bonds is 9. The third-order valence-corrected chi connectivity index (χ3v) is 5.09. The lowest BCUT2D eigenvalue weighted by Gasteiger charge is -2.28. The first kappa shape index (κ1) is 19.4. The van der Waals surface area contributed by atoms with Crippen LogP contribution in [-0.2, 0) is 0 Å². The van der Waals surface area contributed by atoms with Crippen molar-refractivity contribution in [2.45, 2.75) is 18.9 Å². The van der Waals surface area contributed by atoms with Crippen LogP contribution in [0.3, 0.4) is 0 Å². The van der Waals surface area contributed by atoms with E-state index in [0.717, 1.165) is 19.6 Å². The Kier molecular flexibility index (Phi) is 6.85. The molecule has 0 spiro atoms. The number of Topliss-reactive ketones (excluding diaryl/α,β-unsaturated/α-hetero) is 1. The summed E-state index contributed by atoms with van der Waals surface area (Å²) < 4.78 is 10.5. The van der Waals surface area contributed by atoms with Crippen molar-refractivity contribution < 1.29 is 14.3 Å². The summed E-state index contributed by atoms with van der Waals surface area (Å²) in [4.78, 5) is 15.1. The van der Waals surface area contributed by atoms with Crippen LogP contribution in [0.25, 0.3) is 0 Å². The summed E-state index contributed by atoms with van der Waals surface area (Å²) >= 11 is 0. The average molecular weight is 368 g/mol. The number of ether oxygens (including phenoxy) is 2. The number of carbonyl (C=O) groups is 1. The molecule has 1 fully saturated rings. The molecule has 5 nitrogen and oxygen atoms in total. The molecule has 144 valence electrons. The zero-order valence-corrected chi connectivity index (χ0v) is 16.1. The van der Waals surface area contributed by atoms with E-state index in [0.29, 0.717) is 29.6 Å². The van der Waals surface area contributed by atoms with Gasteiger partial charge in [-0.05, 0) is 49.7 Å². The van der Waals surface area contributed by atoms with Gasteiger partial charge in [0, 0.05) is 18.2 Å². The summed E-state index contributed by atoms with van der Waals surface area (Å²) in [5, 5.41) is 3.36. The molecule has 0 amide bonds. The van der Waals surface area contributed by atoms with Gasteiger partial charge >= 0.3 is 0 Å². The SMILES string of the molecule is COc1ccc(C(=O)CNCC(c2ccccc2)N2CCCC2)cc1OC. The molecule has 2 aromatic carbocycles. The molecule has 3 rings (SSSR count). The molecule has 1 heterocycles. The third-order valence-electron chi connectivity index (χ3n) is 5.09. The number of methoxy groups -OCH3 is 2. The fourth-order valence-corrected chi connectivity index (χ4v) is 3.62. The van der Waals surface area contributed by atoms with E-state index in [1.165, 1.54) is 18.4 Å². The van der Waals surface area contributed by atoms with Gasteiger partial charge in [0.05, 0.1) is 20.8 Å². The number of benzene rings is 2. The van der Waals surface area contributed by atoms with Crippen LogP contribution in [0.1, 0.15) is 34.8 Å². The van der Waals surface area contributed by atoms with E-state index in [9.17, 15) is 4.79 Å². The number of hydrogen-bond donors (Lipinski definition) is 1. The number of carbonyl (C=O) groups excluding carboxylic acids is 1. The Hall–Kier alpha value is -2.37. The van der Waals surface area contributed by atoms with Gasteiger partial charge in [-0.3, -0.25) is 9.69 Å². The van der Waals surface area contributed by atoms with E-state index in [2.05, 4.69) is 34.5 Å². The Morgan fingerprint density at radius 1 is 1.04 bits per heavy atom. The van der Waals surface area contributed by atoms with Crippen LogP contribution in [-0.4, -0.2) is 51.1 Å². The van der Waals surface area contributed by atoms with Gasteiger partial charge in [0.2, 0.25) is 0 Å². The molecule has 0 aliphatic carbocycles. The second kappa shape index (κ2) is 9.53. The number of nitrogens with one attached hydrogen (secondary N) is 1. The molecule has 27 heavy (non-hydrogen) atoms. The Balaban J connectivity index is 1.62. The highest BCUT2D eigenvalue weighted by Crippen LogP contribution is 2.28. The predicted molar refractivity (Wildman–Crippen MR) is 107 cm³/mol. The summed E-state index contributed by atoms with van der Waals surface area (Å²) in [7, 11) is 3.16. The van der Waals surface area contributed by atoms with Crippen molar-refractivity contribution in [3.63, 3.8) is 0 Å². The summed E-state index contributed by atoms with van der Waals surface area (Å²) in [5.74, 6) is 1.24. The van der Waals surface area contributed by atoms with E-state index in [-0.39, 0.29) is 5.78 Å². The minimum Gasteiger partial charge on any atom is -0.493 e. The Morgan fingerprint density at radius 2 is 1.74 bits per heavy atom. The monoisotopic (exact) mass is 368 g/mol. The Bertz CT molecular complexity index is 742. The normalized spacial score (nSPS) is 15.5. The maximum absolute atomic E-state index is 12.6. The molecule has 0 bridgehead atoms. The third kappa shape index (κ3) is 4.87. The van der Waals surface area contributed by atoms with Crippen LogP contribution in [0.15, 0.2) is 48.5 Å². The lowest BCUT2D eigenvalue weighted by Crippen LogP contribution is -2.36. The highest BCUT2D eigenvalue weighted by Gasteiger charge is 2.23. The largest absolute Gasteiger partial charge is 0.493 e. The molecule has 1 saturated heterocycles. The fraction of sp³-hybridized carbons (Fsp3) is 0.409. The molecule has 1 atom stereocenters. The number of hydrogen-bond acceptors (Lipinski definition) is 5. The fourth-order valence-electron chi connectivity index (χ4n) is 3.62. The van der Waals surface area contributed by atoms with Crippen LogP contribution in [0.4, 0.5) is 0 Å². The van der Waals surface area contributed by atoms with Crippen LogP contribution >= 0.6 is 0 Å². The van der Waals surface area contributed by atoms with Crippen molar-refractivity contribution in [2.24, 2.45) is 0 Å². The highest BCUT2D eigenvalue weighted by molar-refractivity contribution is 5.98. The molecule has 0 aromatic heterocycles. The molecule has 5 heteroatoms. The summed E-state index contributed by atoms with van der Waals surface area (Å²) in [6.45, 7) is 3.28. The van der Waals surface area contributed by atoms with Crippen LogP contribution in [0.2, 0.25) is 0 Å². The second-order valence-corrected chi connectivity index (χ2v) is 6.79. The summed E-state index contributed by atoms with van der Waals surface area (Å²) in [6.07, 6.45) is 2.49. The summed E-state index contributed by atoms with van der Waals surface area (Å²) in [6, 6.07) is 16.1. The topological polar surface area (TPSA) is 50.8 Å². The average Bonchev–Trinajstić information content (AvgIpc) is 3.25. The molecular weight excluding hydrogens is 340 g/mol. The van der Waals surface area contributed by atoms with Crippen molar-refractivity contribution in [3.05, 3.63) is 59.7 Å². The van der Waals surface area contributed by atoms with Crippen molar-refractivity contribution in [1.29, 1.82) is 0 Å². The molecule has 1 aliphatic rings. The highest BCUT2D eigenvalue weighted by atomic mass is 16.5. The van der Waals surface area contributed by atoms with E-state index in [1.54, 1.807) is 32.4 Å². The first-order valence-electron chi connectivity index (χ1n) is 9.48. The van der Waals surface area contributed by atoms with Gasteiger partial charge in [-0.2, -0.15) is 0 Å². The smallest absolute Gasteiger partial charge is 0.176 e. The zero-order chi connectivity index (χ0) is 19.1. The van der Waals surface area contributed by atoms with Gasteiger partial charge in [-0.1, -0.05) is 30.3 Å². The number of nitrogens with zero attached hydrogens (tertiary/aromatic N) is 1. The molecule has 0 radical (unpaired) electrons. The van der Waals surface area contributed by atoms with Gasteiger partial charge in [-0.15, -0.1) is 0 Å². The first-order valence-corrected chi connectivity index (χ1v) is 9.48. The Labute approximate surface area is 161 Å². The maximum Gasteiger partial charge on any atom is 0.176 e. The van der Waals surface area contributed by atoms with Gasteiger partial charge in [-0.25, -0.2) is 0 Å². The predicted octanol–water partition coefficient (Wildman–Crippen LogP) is 3.31. The molecule has 1 aliphatic heterocycles. The molecule has 2 aromatic rings. The zero-order valence-electron chi connectivity index (χ0n) is 16.1. The van der Waals surface area contributed by atoms with Crippen LogP contribution < -0.4 is 14.8 Å². The van der Waals surface area contributed by atoms with Crippen molar-refractivity contribution in [1.82, 2.24) is 10.2 Å². The lowest BCUT2D eigenvalue weighted by atomic mass is 10.1. The molecule has 1 unspecified atom stereocenters. The molecule has 0 saturated carbocycles. The van der Waals surface area contributed by atoms with Crippen molar-refractivity contribution >= 4 is 5.78 Å². The van der Waals surface area contributed by atoms with Gasteiger partial charge in [0.1, 0.15) is 0 Å². The first-order chi connectivity index (χ1) is 13.2. The minimum absolute atomic E-state index is 0.0455. The molecule has 1 N–H and O–H groups in total. The second-order valence-electron chi connectivity index (χ2n) is 6.79. The molecular formula is C22H28N2O3. The maximum atomic E-state index is 12.6. The lowest BCUT2D eigenvalue weighted by molar-refractivity contribution is 0.0987. The van der Waals surface area contributed by atoms with E-state index in [4.69, 9.17) is 9.47 Å². The van der Waals surface area contributed by atoms with Gasteiger partial charge in [0.25, 0.3) is 0 Å². The quantitative estimate of drug-likeness (QED) is 0.688. The van der Waals surface area contributed by atoms with Crippen LogP contribution in [0, 0.1) is 0 Å². The van der Waals surface area contributed by atoms with E-state index in [1.807, 2.05) is 6.07 Å². The van der Waals surface area contributed by atoms with E-state index < -0.39 is 0 Å². The minimum atomic E-state index is 0.0455. The van der Waals surface area contributed by atoms with Crippen molar-refractivity contribution in [2.75, 3.05) is 40.4 Å². The van der Waals surface area contributed by atoms with Gasteiger partial charge < -0.3 is 14.8 Å². The van der Waals surface area contributed by atoms with Crippen molar-refractivity contribution in [3.8, 4) is 11.5 Å². The number of likely N-dealkylation sites (tertiary alicyclic amines) is 1. The summed E-state index contributed by atoms with van der Waals surface area (Å²) in [5.41, 5.74) is 1.92.